The van der Waals surface area contributed by atoms with Crippen LogP contribution in [0, 0.1) is 17.8 Å². The molecule has 1 amide bonds. The van der Waals surface area contributed by atoms with Gasteiger partial charge in [-0.25, -0.2) is 9.59 Å². The van der Waals surface area contributed by atoms with E-state index in [-0.39, 0.29) is 11.7 Å². The lowest BCUT2D eigenvalue weighted by Crippen LogP contribution is -2.24. The summed E-state index contributed by atoms with van der Waals surface area (Å²) in [5.41, 5.74) is 5.53. The second-order valence-electron chi connectivity index (χ2n) is 10.3. The monoisotopic (exact) mass is 505 g/mol. The molecule has 1 saturated carbocycles. The number of fused-ring (bicyclic) bond motifs is 2. The van der Waals surface area contributed by atoms with Gasteiger partial charge in [0.25, 0.3) is 0 Å². The van der Waals surface area contributed by atoms with E-state index in [9.17, 15) is 9.59 Å². The number of benzene rings is 3. The fraction of sp³-hybridized carbons (Fsp3) is 0.273. The Bertz CT molecular complexity index is 1460. The van der Waals surface area contributed by atoms with Crippen LogP contribution in [0.2, 0.25) is 0 Å². The minimum absolute atomic E-state index is 0.281. The highest BCUT2D eigenvalue weighted by Gasteiger charge is 2.50. The first kappa shape index (κ1) is 24.2. The maximum Gasteiger partial charge on any atom is 0.407 e. The van der Waals surface area contributed by atoms with E-state index in [4.69, 9.17) is 9.15 Å². The van der Waals surface area contributed by atoms with Crippen LogP contribution in [-0.4, -0.2) is 12.7 Å². The van der Waals surface area contributed by atoms with Crippen LogP contribution in [0.4, 0.5) is 4.79 Å². The maximum atomic E-state index is 13.4. The third kappa shape index (κ3) is 5.01. The van der Waals surface area contributed by atoms with E-state index in [1.165, 1.54) is 0 Å². The molecule has 3 atom stereocenters. The molecule has 1 fully saturated rings. The number of nitrogens with one attached hydrogen (secondary N) is 1. The highest BCUT2D eigenvalue weighted by atomic mass is 16.5. The molecule has 0 bridgehead atoms. The predicted octanol–water partition coefficient (Wildman–Crippen LogP) is 6.64. The molecule has 4 aromatic rings. The molecule has 2 aliphatic rings. The van der Waals surface area contributed by atoms with Crippen LogP contribution >= 0.6 is 0 Å². The molecule has 3 aromatic carbocycles. The van der Waals surface area contributed by atoms with Crippen molar-refractivity contribution in [3.8, 4) is 22.5 Å². The Morgan fingerprint density at radius 2 is 1.37 bits per heavy atom. The van der Waals surface area contributed by atoms with Gasteiger partial charge in [0, 0.05) is 12.1 Å². The van der Waals surface area contributed by atoms with Crippen LogP contribution < -0.4 is 10.9 Å². The van der Waals surface area contributed by atoms with Gasteiger partial charge in [-0.2, -0.15) is 0 Å². The molecular weight excluding hydrogens is 474 g/mol. The first-order valence-corrected chi connectivity index (χ1v) is 13.4. The van der Waals surface area contributed by atoms with Gasteiger partial charge in [-0.3, -0.25) is 0 Å². The topological polar surface area (TPSA) is 68.5 Å². The number of hydrogen-bond donors (Lipinski definition) is 1. The summed E-state index contributed by atoms with van der Waals surface area (Å²) in [4.78, 5) is 25.7. The smallest absolute Gasteiger partial charge is 0.407 e. The lowest BCUT2D eigenvalue weighted by Gasteiger charge is -2.19. The molecule has 38 heavy (non-hydrogen) atoms. The Morgan fingerprint density at radius 3 is 2.03 bits per heavy atom. The second kappa shape index (κ2) is 10.7. The first-order chi connectivity index (χ1) is 18.7. The molecule has 0 spiro atoms. The summed E-state index contributed by atoms with van der Waals surface area (Å²) in [7, 11) is 0. The average Bonchev–Trinajstić information content (AvgIpc) is 3.62. The number of amides is 1. The third-order valence-corrected chi connectivity index (χ3v) is 8.09. The Kier molecular flexibility index (Phi) is 6.82. The number of ether oxygens (including phenoxy) is 1. The third-order valence-electron chi connectivity index (χ3n) is 8.09. The summed E-state index contributed by atoms with van der Waals surface area (Å²) in [6, 6.07) is 29.6. The lowest BCUT2D eigenvalue weighted by molar-refractivity contribution is 0.137. The predicted molar refractivity (Wildman–Crippen MR) is 148 cm³/mol. The van der Waals surface area contributed by atoms with Gasteiger partial charge in [0.15, 0.2) is 0 Å². The van der Waals surface area contributed by atoms with Gasteiger partial charge >= 0.3 is 11.7 Å². The van der Waals surface area contributed by atoms with Crippen LogP contribution in [-0.2, 0) is 24.1 Å². The Labute approximate surface area is 222 Å². The van der Waals surface area contributed by atoms with Crippen LogP contribution in [0.25, 0.3) is 22.5 Å². The second-order valence-corrected chi connectivity index (χ2v) is 10.3. The van der Waals surface area contributed by atoms with E-state index in [2.05, 4.69) is 5.32 Å². The number of rotatable bonds is 6. The molecule has 5 heteroatoms. The number of carbonyl (C=O) groups excluding carboxylic acids is 1. The van der Waals surface area contributed by atoms with Crippen LogP contribution in [0.5, 0.6) is 0 Å². The van der Waals surface area contributed by atoms with Crippen molar-refractivity contribution in [3.63, 3.8) is 0 Å². The zero-order valence-corrected chi connectivity index (χ0v) is 21.3. The molecule has 2 aliphatic carbocycles. The molecule has 2 unspecified atom stereocenters. The van der Waals surface area contributed by atoms with Gasteiger partial charge in [0.2, 0.25) is 0 Å². The number of hydrogen-bond acceptors (Lipinski definition) is 4. The van der Waals surface area contributed by atoms with Crippen molar-refractivity contribution in [2.75, 3.05) is 6.61 Å². The molecule has 0 aliphatic heterocycles. The van der Waals surface area contributed by atoms with Crippen molar-refractivity contribution >= 4 is 6.09 Å². The minimum Gasteiger partial charge on any atom is -0.449 e. The normalized spacial score (nSPS) is 19.8. The zero-order valence-electron chi connectivity index (χ0n) is 21.3. The van der Waals surface area contributed by atoms with Crippen molar-refractivity contribution in [1.82, 2.24) is 5.32 Å². The van der Waals surface area contributed by atoms with Crippen molar-refractivity contribution < 1.29 is 13.9 Å². The van der Waals surface area contributed by atoms with Gasteiger partial charge in [-0.05, 0) is 65.7 Å². The Morgan fingerprint density at radius 1 is 0.789 bits per heavy atom. The Hall–Kier alpha value is -4.12. The fourth-order valence-corrected chi connectivity index (χ4v) is 6.12. The van der Waals surface area contributed by atoms with Gasteiger partial charge < -0.3 is 14.5 Å². The zero-order chi connectivity index (χ0) is 25.9. The van der Waals surface area contributed by atoms with Crippen LogP contribution in [0.3, 0.4) is 0 Å². The van der Waals surface area contributed by atoms with Crippen molar-refractivity contribution in [2.24, 2.45) is 17.8 Å². The van der Waals surface area contributed by atoms with Gasteiger partial charge in [-0.15, -0.1) is 0 Å². The minimum atomic E-state index is -0.371. The molecule has 1 heterocycles. The van der Waals surface area contributed by atoms with E-state index in [0.29, 0.717) is 42.2 Å². The molecular formula is C33H31NO4. The fourth-order valence-electron chi connectivity index (χ4n) is 6.12. The first-order valence-electron chi connectivity index (χ1n) is 13.4. The van der Waals surface area contributed by atoms with Gasteiger partial charge in [0.05, 0.1) is 12.2 Å². The molecule has 5 nitrogen and oxygen atoms in total. The lowest BCUT2D eigenvalue weighted by atomic mass is 9.87. The van der Waals surface area contributed by atoms with E-state index in [0.717, 1.165) is 53.5 Å². The summed E-state index contributed by atoms with van der Waals surface area (Å²) < 4.78 is 11.7. The SMILES string of the molecule is O=C(NCc1ccccc1)OC[C@H]1C2CCc3c(-c4ccccc4)oc(=O)c(-c4ccccc4)c3CCC21. The Balaban J connectivity index is 1.20. The summed E-state index contributed by atoms with van der Waals surface area (Å²) in [5, 5.41) is 2.85. The van der Waals surface area contributed by atoms with E-state index < -0.39 is 0 Å². The van der Waals surface area contributed by atoms with E-state index in [1.54, 1.807) is 0 Å². The highest BCUT2D eigenvalue weighted by molar-refractivity contribution is 5.73. The maximum absolute atomic E-state index is 13.4. The van der Waals surface area contributed by atoms with Crippen molar-refractivity contribution in [1.29, 1.82) is 0 Å². The standard InChI is InChI=1S/C33H31NO4/c35-32-30(23-12-6-2-7-13-23)27-18-16-25-26(17-19-28(27)31(38-32)24-14-8-3-9-15-24)29(25)21-37-33(36)34-20-22-10-4-1-5-11-22/h1-15,25-26,29H,16-21H2,(H,34,36)/t25?,26?,29-/m1/s1. The molecule has 192 valence electrons. The molecule has 6 rings (SSSR count). The van der Waals surface area contributed by atoms with Crippen molar-refractivity contribution in [2.45, 2.75) is 32.2 Å². The van der Waals surface area contributed by atoms with Gasteiger partial charge in [-0.1, -0.05) is 91.0 Å². The largest absolute Gasteiger partial charge is 0.449 e. The average molecular weight is 506 g/mol. The van der Waals surface area contributed by atoms with Gasteiger partial charge in [0.1, 0.15) is 5.76 Å². The summed E-state index contributed by atoms with van der Waals surface area (Å²) >= 11 is 0. The summed E-state index contributed by atoms with van der Waals surface area (Å²) in [5.74, 6) is 2.06. The summed E-state index contributed by atoms with van der Waals surface area (Å²) in [6.07, 6.45) is 3.22. The van der Waals surface area contributed by atoms with E-state index in [1.807, 2.05) is 91.0 Å². The van der Waals surface area contributed by atoms with Crippen molar-refractivity contribution in [3.05, 3.63) is 118 Å². The number of alkyl carbamates (subject to hydrolysis) is 1. The number of carbonyl (C=O) groups is 1. The quantitative estimate of drug-likeness (QED) is 0.319. The molecule has 0 radical (unpaired) electrons. The molecule has 0 saturated heterocycles. The molecule has 1 aromatic heterocycles. The highest BCUT2D eigenvalue weighted by Crippen LogP contribution is 2.54. The van der Waals surface area contributed by atoms with Crippen LogP contribution in [0.1, 0.15) is 29.5 Å². The molecule has 1 N–H and O–H groups in total. The van der Waals surface area contributed by atoms with E-state index >= 15 is 0 Å². The van der Waals surface area contributed by atoms with Crippen LogP contribution in [0.15, 0.2) is 100 Å². The summed E-state index contributed by atoms with van der Waals surface area (Å²) in [6.45, 7) is 0.888.